The van der Waals surface area contributed by atoms with Crippen molar-refractivity contribution in [2.24, 2.45) is 28.6 Å². The maximum Gasteiger partial charge on any atom is 0.407 e. The summed E-state index contributed by atoms with van der Waals surface area (Å²) in [5.41, 5.74) is 1.42. The van der Waals surface area contributed by atoms with E-state index in [1.165, 1.54) is 11.0 Å². The van der Waals surface area contributed by atoms with Crippen LogP contribution in [-0.4, -0.2) is 90.9 Å². The molecule has 1 saturated heterocycles. The van der Waals surface area contributed by atoms with Crippen molar-refractivity contribution < 1.29 is 33.5 Å². The van der Waals surface area contributed by atoms with E-state index in [0.29, 0.717) is 25.9 Å². The van der Waals surface area contributed by atoms with Gasteiger partial charge in [0.25, 0.3) is 5.91 Å². The highest BCUT2D eigenvalue weighted by atomic mass is 16.5. The average Bonchev–Trinajstić information content (AvgIpc) is 3.44. The highest BCUT2D eigenvalue weighted by Crippen LogP contribution is 2.65. The van der Waals surface area contributed by atoms with Crippen molar-refractivity contribution in [1.82, 2.24) is 31.5 Å². The molecule has 2 aliphatic carbocycles. The summed E-state index contributed by atoms with van der Waals surface area (Å²) in [5, 5.41) is 13.7. The van der Waals surface area contributed by atoms with Crippen molar-refractivity contribution >= 4 is 35.6 Å². The summed E-state index contributed by atoms with van der Waals surface area (Å²) in [6.45, 7) is 15.8. The Hall–Kier alpha value is -4.86. The number of hydrogen-bond donors (Lipinski definition) is 5. The molecule has 1 unspecified atom stereocenters. The summed E-state index contributed by atoms with van der Waals surface area (Å²) < 4.78 is 5.35. The number of hydrogen-bond acceptors (Lipinski definition) is 7. The Morgan fingerprint density at radius 3 is 2.29 bits per heavy atom. The number of piperidine rings is 1. The number of fused-ring (bicyclic) bond motifs is 2. The Morgan fingerprint density at radius 2 is 1.71 bits per heavy atom. The first-order valence-corrected chi connectivity index (χ1v) is 18.1. The van der Waals surface area contributed by atoms with Gasteiger partial charge in [-0.2, -0.15) is 0 Å². The van der Waals surface area contributed by atoms with Crippen molar-refractivity contribution in [2.75, 3.05) is 26.2 Å². The monoisotopic (exact) mass is 718 g/mol. The number of likely N-dealkylation sites (tertiary alicyclic amines) is 1. The Morgan fingerprint density at radius 1 is 1.06 bits per heavy atom. The predicted octanol–water partition coefficient (Wildman–Crippen LogP) is 2.48. The number of benzene rings is 1. The van der Waals surface area contributed by atoms with E-state index in [2.05, 4.69) is 39.1 Å². The number of nitrogens with zero attached hydrogens (tertiary/aromatic N) is 1. The van der Waals surface area contributed by atoms with Gasteiger partial charge in [-0.1, -0.05) is 65.0 Å². The molecule has 5 N–H and O–H groups in total. The molecule has 6 atom stereocenters. The lowest BCUT2D eigenvalue weighted by atomic mass is 9.87. The fourth-order valence-corrected chi connectivity index (χ4v) is 7.57. The molecule has 1 aliphatic heterocycles. The highest BCUT2D eigenvalue weighted by Gasteiger charge is 2.69. The third kappa shape index (κ3) is 9.13. The van der Waals surface area contributed by atoms with E-state index in [4.69, 9.17) is 11.2 Å². The largest absolute Gasteiger partial charge is 0.447 e. The number of alkyl carbamates (subject to hydrolysis) is 1. The molecule has 1 heterocycles. The van der Waals surface area contributed by atoms with Gasteiger partial charge in [0.15, 0.2) is 0 Å². The molecule has 52 heavy (non-hydrogen) atoms. The van der Waals surface area contributed by atoms with Gasteiger partial charge in [0.2, 0.25) is 17.6 Å². The van der Waals surface area contributed by atoms with E-state index in [9.17, 15) is 28.8 Å². The summed E-state index contributed by atoms with van der Waals surface area (Å²) in [6, 6.07) is 3.56. The Balaban J connectivity index is 1.60. The summed E-state index contributed by atoms with van der Waals surface area (Å²) in [4.78, 5) is 82.0. The maximum atomic E-state index is 14.8. The van der Waals surface area contributed by atoms with Crippen LogP contribution in [0.15, 0.2) is 36.9 Å². The van der Waals surface area contributed by atoms with Crippen LogP contribution in [0.3, 0.4) is 0 Å². The van der Waals surface area contributed by atoms with Gasteiger partial charge in [-0.3, -0.25) is 19.2 Å². The molecule has 1 saturated carbocycles. The lowest BCUT2D eigenvalue weighted by Gasteiger charge is -2.36. The Bertz CT molecular complexity index is 1570. The SMILES string of the molecule is C#CCCC(NC(=O)[C@@H]1[C@@H]2[C@H](CN1C(=O)[C@@H](NC(=O)N[C@H](COC(=O)NCC)C(C)(C)C)C1Cc3ccccc3C1)C2(C)C)C(=O)C(=O)NCC=C. The van der Waals surface area contributed by atoms with Crippen LogP contribution in [-0.2, 0) is 36.8 Å². The number of nitrogens with one attached hydrogen (secondary N) is 5. The third-order valence-corrected chi connectivity index (χ3v) is 10.8. The minimum Gasteiger partial charge on any atom is -0.447 e. The van der Waals surface area contributed by atoms with E-state index >= 15 is 0 Å². The minimum atomic E-state index is -1.19. The number of carbonyl (C=O) groups excluding carboxylic acids is 6. The molecule has 0 spiro atoms. The van der Waals surface area contributed by atoms with E-state index in [1.807, 2.05) is 58.9 Å². The number of ketones is 1. The van der Waals surface area contributed by atoms with Crippen LogP contribution < -0.4 is 26.6 Å². The molecule has 0 radical (unpaired) electrons. The molecular formula is C39H54N6O7. The Labute approximate surface area is 306 Å². The average molecular weight is 719 g/mol. The number of ether oxygens (including phenoxy) is 1. The number of carbonyl (C=O) groups is 6. The number of amides is 6. The van der Waals surface area contributed by atoms with Gasteiger partial charge in [0.1, 0.15) is 18.7 Å². The predicted molar refractivity (Wildman–Crippen MR) is 196 cm³/mol. The van der Waals surface area contributed by atoms with Crippen molar-refractivity contribution in [3.8, 4) is 12.3 Å². The van der Waals surface area contributed by atoms with Crippen LogP contribution in [0.1, 0.15) is 65.5 Å². The number of urea groups is 1. The zero-order chi connectivity index (χ0) is 38.4. The summed E-state index contributed by atoms with van der Waals surface area (Å²) in [5.74, 6) is -0.673. The van der Waals surface area contributed by atoms with Crippen LogP contribution >= 0.6 is 0 Å². The van der Waals surface area contributed by atoms with Crippen molar-refractivity contribution in [2.45, 2.75) is 91.4 Å². The zero-order valence-corrected chi connectivity index (χ0v) is 31.2. The molecule has 0 bridgehead atoms. The second-order valence-corrected chi connectivity index (χ2v) is 15.6. The molecule has 1 aromatic carbocycles. The lowest BCUT2D eigenvalue weighted by molar-refractivity contribution is -0.144. The number of terminal acetylenes is 1. The van der Waals surface area contributed by atoms with Gasteiger partial charge in [-0.05, 0) is 65.9 Å². The number of rotatable bonds is 15. The van der Waals surface area contributed by atoms with Gasteiger partial charge in [0.05, 0.1) is 12.1 Å². The van der Waals surface area contributed by atoms with Gasteiger partial charge >= 0.3 is 12.1 Å². The molecule has 13 nitrogen and oxygen atoms in total. The molecule has 0 aromatic heterocycles. The summed E-state index contributed by atoms with van der Waals surface area (Å²) in [7, 11) is 0. The standard InChI is InChI=1S/C39H54N6O7/c1-9-12-17-27(32(46)34(48)41-18-10-2)42-33(47)31-29-26(39(29,7)8)21-45(31)35(49)30(25-19-23-15-13-14-16-24(23)20-25)44-36(50)43-28(38(4,5)6)22-52-37(51)40-11-3/h1,10,13-16,25-31H,2,11-12,17-22H2,3-8H3,(H,40,51)(H,41,48)(H,42,47)(H2,43,44,50)/t26-,27?,28+,29-,30-,31-/m0/s1. The van der Waals surface area contributed by atoms with Crippen molar-refractivity contribution in [3.05, 3.63) is 48.0 Å². The van der Waals surface area contributed by atoms with Gasteiger partial charge in [-0.25, -0.2) is 9.59 Å². The molecule has 13 heteroatoms. The van der Waals surface area contributed by atoms with E-state index in [-0.39, 0.29) is 49.2 Å². The normalized spacial score (nSPS) is 21.6. The fourth-order valence-electron chi connectivity index (χ4n) is 7.57. The van der Waals surface area contributed by atoms with Crippen molar-refractivity contribution in [3.63, 3.8) is 0 Å². The molecule has 2 fully saturated rings. The van der Waals surface area contributed by atoms with Crippen LogP contribution in [0.4, 0.5) is 9.59 Å². The summed E-state index contributed by atoms with van der Waals surface area (Å²) >= 11 is 0. The third-order valence-electron chi connectivity index (χ3n) is 10.8. The minimum absolute atomic E-state index is 0.0230. The van der Waals surface area contributed by atoms with Crippen LogP contribution in [0.25, 0.3) is 0 Å². The molecule has 4 rings (SSSR count). The van der Waals surface area contributed by atoms with Crippen LogP contribution in [0.5, 0.6) is 0 Å². The topological polar surface area (TPSA) is 175 Å². The summed E-state index contributed by atoms with van der Waals surface area (Å²) in [6.07, 6.45) is 7.58. The van der Waals surface area contributed by atoms with E-state index < -0.39 is 65.2 Å². The lowest BCUT2D eigenvalue weighted by Crippen LogP contribution is -2.61. The Kier molecular flexibility index (Phi) is 12.8. The quantitative estimate of drug-likeness (QED) is 0.105. The highest BCUT2D eigenvalue weighted by molar-refractivity contribution is 6.38. The molecule has 3 aliphatic rings. The van der Waals surface area contributed by atoms with Gasteiger partial charge in [0, 0.05) is 26.1 Å². The maximum absolute atomic E-state index is 14.8. The number of Topliss-reactive ketones (excluding diaryl/α,β-unsaturated/α-hetero) is 1. The van der Waals surface area contributed by atoms with Gasteiger partial charge in [-0.15, -0.1) is 18.9 Å². The van der Waals surface area contributed by atoms with Crippen molar-refractivity contribution in [1.29, 1.82) is 0 Å². The second-order valence-electron chi connectivity index (χ2n) is 15.6. The second kappa shape index (κ2) is 16.7. The molecule has 1 aromatic rings. The zero-order valence-electron chi connectivity index (χ0n) is 31.2. The van der Waals surface area contributed by atoms with Crippen LogP contribution in [0, 0.1) is 40.9 Å². The smallest absolute Gasteiger partial charge is 0.407 e. The first-order chi connectivity index (χ1) is 24.5. The van der Waals surface area contributed by atoms with Gasteiger partial charge < -0.3 is 36.2 Å². The van der Waals surface area contributed by atoms with E-state index in [0.717, 1.165) is 11.1 Å². The molecule has 6 amide bonds. The molecular weight excluding hydrogens is 664 g/mol. The molecule has 282 valence electrons. The first-order valence-electron chi connectivity index (χ1n) is 18.1. The van der Waals surface area contributed by atoms with E-state index in [1.54, 1.807) is 6.92 Å². The fraction of sp³-hybridized carbons (Fsp3) is 0.590. The van der Waals surface area contributed by atoms with Crippen LogP contribution in [0.2, 0.25) is 0 Å². The first kappa shape index (κ1) is 39.9.